The molecular weight excluding hydrogens is 951 g/mol. The van der Waals surface area contributed by atoms with Crippen LogP contribution in [0.15, 0.2) is 29.3 Å². The highest BCUT2D eigenvalue weighted by Gasteiger charge is 2.46. The number of hydrogen-bond acceptors (Lipinski definition) is 17. The number of phenolic OH excluding ortho intramolecular Hbond substituents is 1. The van der Waals surface area contributed by atoms with Crippen molar-refractivity contribution in [1.29, 1.82) is 0 Å². The first-order chi connectivity index (χ1) is 33.5. The van der Waals surface area contributed by atoms with E-state index in [2.05, 4.69) is 36.9 Å². The summed E-state index contributed by atoms with van der Waals surface area (Å²) in [6.45, 7) is 10.8. The summed E-state index contributed by atoms with van der Waals surface area (Å²) in [5.41, 5.74) is 27.5. The molecule has 28 nitrogen and oxygen atoms in total. The standard InChI is InChI=1S/C44H71N13O15/c1-8-19(6)25-43(71)72-33(35(47)63)29(42(70)56-27(31(60)21-11-13-22(58)14-12-21)40(68)55-26(39(67)53-25)30(59)18(4)5)57-41(69)28(32(61)34(46)62)54-37(65)23(10-9-15-50-44(48)49)51-38(66)24(16-17(2)3)52-36(64)20(7)45/h11-14,17-20,23-33,58-61H,8-10,15-16,45H2,1-7H3,(H2,46,62)(H2,47,63)(H,51,66)(H,52,64)(H,53,67)(H,54,65)(H,55,68)(H,56,70)(H,57,69)(H4,48,49,50)/t19-,20-,23-,24+,25-,26+,27?,28-,29+,30-,31+,32-,33-/m0/s1. The van der Waals surface area contributed by atoms with E-state index < -0.39 is 144 Å². The molecule has 21 N–H and O–H groups in total. The summed E-state index contributed by atoms with van der Waals surface area (Å²) in [6, 6.07) is -10.4. The van der Waals surface area contributed by atoms with E-state index in [1.54, 1.807) is 20.8 Å². The third-order valence-corrected chi connectivity index (χ3v) is 11.4. The Labute approximate surface area is 415 Å². The van der Waals surface area contributed by atoms with E-state index in [0.29, 0.717) is 0 Å². The minimum atomic E-state index is -2.66. The Hall–Kier alpha value is -7.17. The van der Waals surface area contributed by atoms with Gasteiger partial charge in [0.1, 0.15) is 48.1 Å². The minimum Gasteiger partial charge on any atom is -0.508 e. The average molecular weight is 1020 g/mol. The van der Waals surface area contributed by atoms with Gasteiger partial charge in [-0.2, -0.15) is 0 Å². The summed E-state index contributed by atoms with van der Waals surface area (Å²) >= 11 is 0. The second kappa shape index (κ2) is 28.0. The molecule has 1 heterocycles. The fourth-order valence-electron chi connectivity index (χ4n) is 7.01. The van der Waals surface area contributed by atoms with Crippen LogP contribution in [0.5, 0.6) is 5.75 Å². The van der Waals surface area contributed by atoms with Gasteiger partial charge in [-0.05, 0) is 61.6 Å². The van der Waals surface area contributed by atoms with Crippen molar-refractivity contribution < 1.29 is 73.1 Å². The number of phenols is 1. The van der Waals surface area contributed by atoms with Gasteiger partial charge in [0.2, 0.25) is 53.4 Å². The molecule has 72 heavy (non-hydrogen) atoms. The molecule has 9 amide bonds. The van der Waals surface area contributed by atoms with Crippen LogP contribution in [0, 0.1) is 17.8 Å². The molecule has 0 spiro atoms. The van der Waals surface area contributed by atoms with E-state index in [-0.39, 0.29) is 55.4 Å². The van der Waals surface area contributed by atoms with Gasteiger partial charge in [-0.3, -0.25) is 48.1 Å². The summed E-state index contributed by atoms with van der Waals surface area (Å²) in [4.78, 5) is 141. The van der Waals surface area contributed by atoms with Crippen LogP contribution in [-0.2, 0) is 52.7 Å². The van der Waals surface area contributed by atoms with Crippen LogP contribution >= 0.6 is 0 Å². The zero-order valence-electron chi connectivity index (χ0n) is 41.1. The average Bonchev–Trinajstić information content (AvgIpc) is 3.30. The van der Waals surface area contributed by atoms with Crippen molar-refractivity contribution in [3.63, 3.8) is 0 Å². The van der Waals surface area contributed by atoms with Crippen molar-refractivity contribution >= 4 is 65.1 Å². The van der Waals surface area contributed by atoms with Gasteiger partial charge in [-0.25, -0.2) is 4.79 Å². The van der Waals surface area contributed by atoms with Gasteiger partial charge in [-0.1, -0.05) is 60.1 Å². The summed E-state index contributed by atoms with van der Waals surface area (Å²) in [6.07, 6.45) is -9.15. The van der Waals surface area contributed by atoms with Crippen LogP contribution in [0.1, 0.15) is 85.8 Å². The van der Waals surface area contributed by atoms with E-state index in [0.717, 1.165) is 24.3 Å². The molecule has 2 rings (SSSR count). The lowest BCUT2D eigenvalue weighted by Gasteiger charge is -2.31. The molecule has 1 aliphatic heterocycles. The van der Waals surface area contributed by atoms with Gasteiger partial charge in [0.15, 0.2) is 18.1 Å². The lowest BCUT2D eigenvalue weighted by atomic mass is 9.95. The first-order valence-corrected chi connectivity index (χ1v) is 23.1. The maximum atomic E-state index is 14.6. The predicted molar refractivity (Wildman–Crippen MR) is 254 cm³/mol. The Morgan fingerprint density at radius 1 is 0.736 bits per heavy atom. The molecule has 1 saturated heterocycles. The fourth-order valence-corrected chi connectivity index (χ4v) is 7.01. The maximum Gasteiger partial charge on any atom is 0.329 e. The normalized spacial score (nSPS) is 22.1. The number of rotatable bonds is 23. The van der Waals surface area contributed by atoms with Gasteiger partial charge in [0.25, 0.3) is 5.91 Å². The van der Waals surface area contributed by atoms with Crippen molar-refractivity contribution in [2.45, 2.75) is 147 Å². The Balaban J connectivity index is 2.84. The number of aliphatic hydroxyl groups is 3. The third-order valence-electron chi connectivity index (χ3n) is 11.4. The number of nitrogens with zero attached hydrogens (tertiary/aromatic N) is 1. The van der Waals surface area contributed by atoms with E-state index in [1.165, 1.54) is 27.7 Å². The lowest BCUT2D eigenvalue weighted by molar-refractivity contribution is -0.163. The second-order valence-electron chi connectivity index (χ2n) is 18.2. The van der Waals surface area contributed by atoms with Gasteiger partial charge in [-0.15, -0.1) is 0 Å². The van der Waals surface area contributed by atoms with Gasteiger partial charge in [0, 0.05) is 6.54 Å². The van der Waals surface area contributed by atoms with Crippen molar-refractivity contribution in [1.82, 2.24) is 37.2 Å². The number of ether oxygens (including phenoxy) is 1. The number of benzene rings is 1. The molecule has 13 atom stereocenters. The summed E-state index contributed by atoms with van der Waals surface area (Å²) in [7, 11) is 0. The van der Waals surface area contributed by atoms with Crippen LogP contribution in [-0.4, -0.2) is 159 Å². The highest BCUT2D eigenvalue weighted by molar-refractivity contribution is 6.02. The second-order valence-corrected chi connectivity index (χ2v) is 18.2. The van der Waals surface area contributed by atoms with Crippen LogP contribution in [0.25, 0.3) is 0 Å². The number of nitrogens with two attached hydrogens (primary N) is 5. The number of carbonyl (C=O) groups is 10. The number of amides is 9. The molecule has 1 aliphatic rings. The highest BCUT2D eigenvalue weighted by Crippen LogP contribution is 2.22. The molecule has 1 aromatic rings. The van der Waals surface area contributed by atoms with Crippen molar-refractivity contribution in [3.8, 4) is 5.75 Å². The van der Waals surface area contributed by atoms with Crippen molar-refractivity contribution in [2.24, 2.45) is 51.4 Å². The maximum absolute atomic E-state index is 14.6. The van der Waals surface area contributed by atoms with E-state index >= 15 is 0 Å². The quantitative estimate of drug-likeness (QED) is 0.0210. The Bertz CT molecular complexity index is 2140. The number of guanidine groups is 1. The van der Waals surface area contributed by atoms with Gasteiger partial charge >= 0.3 is 5.97 Å². The lowest BCUT2D eigenvalue weighted by Crippen LogP contribution is -2.66. The van der Waals surface area contributed by atoms with Crippen LogP contribution < -0.4 is 65.9 Å². The zero-order chi connectivity index (χ0) is 54.9. The molecule has 0 radical (unpaired) electrons. The number of aliphatic imine (C=N–C) groups is 1. The van der Waals surface area contributed by atoms with Crippen LogP contribution in [0.2, 0.25) is 0 Å². The monoisotopic (exact) mass is 1020 g/mol. The smallest absolute Gasteiger partial charge is 0.329 e. The van der Waals surface area contributed by atoms with Crippen LogP contribution in [0.3, 0.4) is 0 Å². The number of carbonyl (C=O) groups excluding carboxylic acids is 10. The number of esters is 1. The summed E-state index contributed by atoms with van der Waals surface area (Å²) in [5, 5.41) is 59.5. The molecule has 1 aromatic carbocycles. The van der Waals surface area contributed by atoms with Crippen molar-refractivity contribution in [3.05, 3.63) is 29.8 Å². The molecule has 0 bridgehead atoms. The Kier molecular flexibility index (Phi) is 23.7. The minimum absolute atomic E-state index is 0.0273. The fraction of sp³-hybridized carbons (Fsp3) is 0.614. The number of nitrogens with one attached hydrogen (secondary N) is 7. The third kappa shape index (κ3) is 17.9. The van der Waals surface area contributed by atoms with Gasteiger partial charge < -0.3 is 91.0 Å². The topological polar surface area (TPSA) is 488 Å². The van der Waals surface area contributed by atoms with Crippen molar-refractivity contribution in [2.75, 3.05) is 6.54 Å². The number of primary amides is 2. The highest BCUT2D eigenvalue weighted by atomic mass is 16.6. The molecule has 402 valence electrons. The molecule has 0 saturated carbocycles. The first kappa shape index (κ1) is 61.0. The number of hydrogen-bond donors (Lipinski definition) is 16. The summed E-state index contributed by atoms with van der Waals surface area (Å²) < 4.78 is 5.45. The number of cyclic esters (lactones) is 1. The number of aliphatic hydroxyl groups excluding tert-OH is 3. The van der Waals surface area contributed by atoms with Gasteiger partial charge in [0.05, 0.1) is 12.1 Å². The van der Waals surface area contributed by atoms with E-state index in [1.807, 2.05) is 5.32 Å². The SMILES string of the molecule is CC[C@H](C)[C@@H]1NC(=O)[C@@H]([C@@H](O)C(C)C)NC(=O)C([C@H](O)c2ccc(O)cc2)NC(=O)[C@H](NC(=O)[C@@H](NC(=O)[C@H](CCCN=C(N)N)NC(=O)[C@@H](CC(C)C)NC(=O)[C@H](C)N)[C@H](O)C(N)=O)[C@@H](C(N)=O)OC1=O. The molecule has 0 aromatic heterocycles. The van der Waals surface area contributed by atoms with Crippen LogP contribution in [0.4, 0.5) is 0 Å². The van der Waals surface area contributed by atoms with E-state index in [9.17, 15) is 68.4 Å². The molecular formula is C44H71N13O15. The molecule has 0 aliphatic carbocycles. The van der Waals surface area contributed by atoms with E-state index in [4.69, 9.17) is 33.4 Å². The number of aromatic hydroxyl groups is 1. The largest absolute Gasteiger partial charge is 0.508 e. The Morgan fingerprint density at radius 3 is 1.79 bits per heavy atom. The molecule has 1 unspecified atom stereocenters. The summed E-state index contributed by atoms with van der Waals surface area (Å²) in [5.74, 6) is -15.8. The molecule has 1 fully saturated rings. The predicted octanol–water partition coefficient (Wildman–Crippen LogP) is -6.41. The Morgan fingerprint density at radius 2 is 1.28 bits per heavy atom. The first-order valence-electron chi connectivity index (χ1n) is 23.1. The molecule has 28 heteroatoms. The zero-order valence-corrected chi connectivity index (χ0v) is 41.1.